The van der Waals surface area contributed by atoms with Gasteiger partial charge in [-0.3, -0.25) is 0 Å². The second-order valence-electron chi connectivity index (χ2n) is 4.98. The van der Waals surface area contributed by atoms with Crippen molar-refractivity contribution in [1.29, 1.82) is 0 Å². The number of hydrogen-bond acceptors (Lipinski definition) is 4. The standard InChI is InChI=1S/C15H10F3N3O2/c1-8-2-4-9(5-3-8)10-6-12(15(16,17)18)21-13(19-10)7-11(20-21)14(22)23/h2-7H,1H3,(H,22,23)/p-1. The van der Waals surface area contributed by atoms with E-state index >= 15 is 0 Å². The maximum Gasteiger partial charge on any atom is 0.433 e. The molecule has 2 aromatic heterocycles. The van der Waals surface area contributed by atoms with Crippen LogP contribution in [0.25, 0.3) is 16.9 Å². The molecule has 8 heteroatoms. The summed E-state index contributed by atoms with van der Waals surface area (Å²) >= 11 is 0. The molecule has 3 aromatic rings. The zero-order chi connectivity index (χ0) is 16.8. The van der Waals surface area contributed by atoms with E-state index in [0.29, 0.717) is 10.1 Å². The first-order valence-electron chi connectivity index (χ1n) is 6.52. The molecule has 0 radical (unpaired) electrons. The fourth-order valence-electron chi connectivity index (χ4n) is 2.15. The van der Waals surface area contributed by atoms with Gasteiger partial charge in [-0.05, 0) is 13.0 Å². The van der Waals surface area contributed by atoms with Crippen molar-refractivity contribution in [3.05, 3.63) is 53.3 Å². The maximum atomic E-state index is 13.2. The predicted octanol–water partition coefficient (Wildman–Crippen LogP) is 2.09. The van der Waals surface area contributed by atoms with Crippen molar-refractivity contribution in [3.8, 4) is 11.3 Å². The smallest absolute Gasteiger partial charge is 0.433 e. The number of carboxylic acid groups (broad SMARTS) is 1. The Morgan fingerprint density at radius 1 is 1.17 bits per heavy atom. The van der Waals surface area contributed by atoms with Crippen molar-refractivity contribution in [2.24, 2.45) is 0 Å². The number of alkyl halides is 3. The van der Waals surface area contributed by atoms with Gasteiger partial charge in [0, 0.05) is 11.6 Å². The van der Waals surface area contributed by atoms with Gasteiger partial charge in [-0.1, -0.05) is 29.8 Å². The van der Waals surface area contributed by atoms with Gasteiger partial charge in [0.25, 0.3) is 0 Å². The molecule has 0 saturated heterocycles. The van der Waals surface area contributed by atoms with Gasteiger partial charge in [0.2, 0.25) is 0 Å². The van der Waals surface area contributed by atoms with Gasteiger partial charge in [0.1, 0.15) is 5.69 Å². The van der Waals surface area contributed by atoms with Crippen molar-refractivity contribution in [1.82, 2.24) is 14.6 Å². The highest BCUT2D eigenvalue weighted by atomic mass is 19.4. The molecule has 0 unspecified atom stereocenters. The topological polar surface area (TPSA) is 70.3 Å². The predicted molar refractivity (Wildman–Crippen MR) is 72.5 cm³/mol. The van der Waals surface area contributed by atoms with Crippen LogP contribution in [0.15, 0.2) is 36.4 Å². The minimum atomic E-state index is -4.71. The second kappa shape index (κ2) is 5.08. The van der Waals surface area contributed by atoms with E-state index < -0.39 is 23.5 Å². The first-order chi connectivity index (χ1) is 10.8. The molecule has 0 bridgehead atoms. The van der Waals surface area contributed by atoms with Gasteiger partial charge in [0.15, 0.2) is 11.3 Å². The third kappa shape index (κ3) is 2.75. The minimum absolute atomic E-state index is 0.0784. The molecule has 0 saturated carbocycles. The highest BCUT2D eigenvalue weighted by Gasteiger charge is 2.35. The van der Waals surface area contributed by atoms with Crippen LogP contribution < -0.4 is 5.11 Å². The number of aryl methyl sites for hydroxylation is 1. The number of benzene rings is 1. The van der Waals surface area contributed by atoms with Gasteiger partial charge >= 0.3 is 6.18 Å². The van der Waals surface area contributed by atoms with Crippen LogP contribution in [-0.2, 0) is 6.18 Å². The van der Waals surface area contributed by atoms with Gasteiger partial charge in [-0.25, -0.2) is 9.50 Å². The van der Waals surface area contributed by atoms with E-state index in [1.807, 2.05) is 6.92 Å². The summed E-state index contributed by atoms with van der Waals surface area (Å²) in [6.45, 7) is 1.85. The Hall–Kier alpha value is -2.90. The Labute approximate surface area is 128 Å². The van der Waals surface area contributed by atoms with Crippen molar-refractivity contribution in [3.63, 3.8) is 0 Å². The van der Waals surface area contributed by atoms with Crippen LogP contribution in [0.3, 0.4) is 0 Å². The third-order valence-corrected chi connectivity index (χ3v) is 3.27. The lowest BCUT2D eigenvalue weighted by Gasteiger charge is -2.11. The van der Waals surface area contributed by atoms with Crippen molar-refractivity contribution >= 4 is 11.6 Å². The first-order valence-corrected chi connectivity index (χ1v) is 6.52. The SMILES string of the molecule is Cc1ccc(-c2cc(C(F)(F)F)n3nc(C(=O)[O-])cc3n2)cc1. The van der Waals surface area contributed by atoms with Crippen LogP contribution in [0.4, 0.5) is 13.2 Å². The van der Waals surface area contributed by atoms with Crippen LogP contribution in [0, 0.1) is 6.92 Å². The molecular formula is C15H9F3N3O2-. The Bertz CT molecular complexity index is 899. The van der Waals surface area contributed by atoms with Gasteiger partial charge in [0.05, 0.1) is 11.7 Å². The largest absolute Gasteiger partial charge is 0.543 e. The molecule has 23 heavy (non-hydrogen) atoms. The van der Waals surface area contributed by atoms with Crippen molar-refractivity contribution in [2.75, 3.05) is 0 Å². The zero-order valence-electron chi connectivity index (χ0n) is 11.8. The van der Waals surface area contributed by atoms with E-state index in [4.69, 9.17) is 0 Å². The number of hydrogen-bond donors (Lipinski definition) is 0. The Morgan fingerprint density at radius 3 is 2.39 bits per heavy atom. The molecule has 0 aliphatic rings. The Kier molecular flexibility index (Phi) is 3.32. The second-order valence-corrected chi connectivity index (χ2v) is 4.98. The lowest BCUT2D eigenvalue weighted by atomic mass is 10.1. The van der Waals surface area contributed by atoms with E-state index in [-0.39, 0.29) is 11.3 Å². The average molecular weight is 320 g/mol. The third-order valence-electron chi connectivity index (χ3n) is 3.27. The number of nitrogens with zero attached hydrogens (tertiary/aromatic N) is 3. The number of carboxylic acids is 1. The van der Waals surface area contributed by atoms with Crippen LogP contribution in [0.1, 0.15) is 21.7 Å². The lowest BCUT2D eigenvalue weighted by molar-refractivity contribution is -0.255. The van der Waals surface area contributed by atoms with Crippen LogP contribution in [0.5, 0.6) is 0 Å². The van der Waals surface area contributed by atoms with Crippen molar-refractivity contribution in [2.45, 2.75) is 13.1 Å². The van der Waals surface area contributed by atoms with Crippen LogP contribution in [-0.4, -0.2) is 20.6 Å². The summed E-state index contributed by atoms with van der Waals surface area (Å²) in [6, 6.07) is 8.57. The summed E-state index contributed by atoms with van der Waals surface area (Å²) in [4.78, 5) is 14.9. The molecule has 1 aromatic carbocycles. The summed E-state index contributed by atoms with van der Waals surface area (Å²) in [5.74, 6) is -1.67. The van der Waals surface area contributed by atoms with E-state index in [0.717, 1.165) is 17.7 Å². The van der Waals surface area contributed by atoms with Crippen molar-refractivity contribution < 1.29 is 23.1 Å². The Morgan fingerprint density at radius 2 is 1.83 bits per heavy atom. The quantitative estimate of drug-likeness (QED) is 0.725. The molecule has 118 valence electrons. The Balaban J connectivity index is 2.28. The maximum absolute atomic E-state index is 13.2. The normalized spacial score (nSPS) is 11.8. The molecule has 3 rings (SSSR count). The summed E-state index contributed by atoms with van der Waals surface area (Å²) in [7, 11) is 0. The van der Waals surface area contributed by atoms with E-state index in [2.05, 4.69) is 10.1 Å². The summed E-state index contributed by atoms with van der Waals surface area (Å²) < 4.78 is 40.2. The van der Waals surface area contributed by atoms with Gasteiger partial charge in [-0.2, -0.15) is 18.3 Å². The van der Waals surface area contributed by atoms with Crippen LogP contribution >= 0.6 is 0 Å². The first kappa shape index (κ1) is 15.0. The lowest BCUT2D eigenvalue weighted by Crippen LogP contribution is -2.23. The fraction of sp³-hybridized carbons (Fsp3) is 0.133. The molecule has 0 fully saturated rings. The summed E-state index contributed by atoms with van der Waals surface area (Å²) in [6.07, 6.45) is -4.71. The number of carbonyl (C=O) groups is 1. The molecule has 0 atom stereocenters. The molecular weight excluding hydrogens is 311 g/mol. The molecule has 0 amide bonds. The monoisotopic (exact) mass is 320 g/mol. The van der Waals surface area contributed by atoms with E-state index in [9.17, 15) is 23.1 Å². The van der Waals surface area contributed by atoms with E-state index in [1.54, 1.807) is 24.3 Å². The number of aromatic carboxylic acids is 1. The van der Waals surface area contributed by atoms with Gasteiger partial charge < -0.3 is 9.90 Å². The molecule has 0 aliphatic carbocycles. The number of carbonyl (C=O) groups excluding carboxylic acids is 1. The number of fused-ring (bicyclic) bond motifs is 1. The average Bonchev–Trinajstić information content (AvgIpc) is 2.90. The van der Waals surface area contributed by atoms with E-state index in [1.165, 1.54) is 0 Å². The highest BCUT2D eigenvalue weighted by Crippen LogP contribution is 2.32. The minimum Gasteiger partial charge on any atom is -0.543 e. The molecule has 0 aliphatic heterocycles. The number of rotatable bonds is 2. The summed E-state index contributed by atoms with van der Waals surface area (Å²) in [5.41, 5.74) is -0.409. The number of halogens is 3. The molecule has 5 nitrogen and oxygen atoms in total. The van der Waals surface area contributed by atoms with Crippen LogP contribution in [0.2, 0.25) is 0 Å². The van der Waals surface area contributed by atoms with Gasteiger partial charge in [-0.15, -0.1) is 0 Å². The molecule has 0 N–H and O–H groups in total. The molecule has 0 spiro atoms. The zero-order valence-corrected chi connectivity index (χ0v) is 11.8. The number of aromatic nitrogens is 3. The highest BCUT2D eigenvalue weighted by molar-refractivity contribution is 5.85. The molecule has 2 heterocycles. The fourth-order valence-corrected chi connectivity index (χ4v) is 2.15. The summed E-state index contributed by atoms with van der Waals surface area (Å²) in [5, 5.41) is 14.2.